The lowest BCUT2D eigenvalue weighted by Crippen LogP contribution is -2.58. The van der Waals surface area contributed by atoms with Gasteiger partial charge in [-0.05, 0) is 25.8 Å². The molecule has 2 atom stereocenters. The number of ether oxygens (including phenoxy) is 3. The van der Waals surface area contributed by atoms with Gasteiger partial charge in [0.05, 0.1) is 37.0 Å². The van der Waals surface area contributed by atoms with Crippen molar-refractivity contribution in [3.05, 3.63) is 35.7 Å². The zero-order valence-corrected chi connectivity index (χ0v) is 19.7. The van der Waals surface area contributed by atoms with Crippen LogP contribution in [0.1, 0.15) is 59.3 Å². The van der Waals surface area contributed by atoms with Gasteiger partial charge in [-0.15, -0.1) is 0 Å². The van der Waals surface area contributed by atoms with Crippen LogP contribution in [0.4, 0.5) is 0 Å². The summed E-state index contributed by atoms with van der Waals surface area (Å²) in [6.07, 6.45) is 10.4. The summed E-state index contributed by atoms with van der Waals surface area (Å²) in [4.78, 5) is 28.0. The Morgan fingerprint density at radius 1 is 0.970 bits per heavy atom. The number of rotatable bonds is 12. The van der Waals surface area contributed by atoms with Crippen molar-refractivity contribution in [2.75, 3.05) is 19.8 Å². The summed E-state index contributed by atoms with van der Waals surface area (Å²) in [5.41, 5.74) is -1.95. The molecule has 8 heteroatoms. The van der Waals surface area contributed by atoms with Crippen LogP contribution in [0.3, 0.4) is 0 Å². The van der Waals surface area contributed by atoms with Gasteiger partial charge in [0.25, 0.3) is 0 Å². The van der Waals surface area contributed by atoms with Gasteiger partial charge in [-0.3, -0.25) is 0 Å². The fourth-order valence-electron chi connectivity index (χ4n) is 3.98. The molecule has 0 aromatic rings. The lowest BCUT2D eigenvalue weighted by Gasteiger charge is -2.46. The first kappa shape index (κ1) is 26.2. The molecule has 2 heterocycles. The number of hydrogen-bond acceptors (Lipinski definition) is 8. The first-order valence-electron chi connectivity index (χ1n) is 11.7. The van der Waals surface area contributed by atoms with Crippen LogP contribution in [0, 0.1) is 28.1 Å². The van der Waals surface area contributed by atoms with E-state index in [1.807, 2.05) is 13.8 Å². The monoisotopic (exact) mass is 455 g/mol. The summed E-state index contributed by atoms with van der Waals surface area (Å²) in [7, 11) is 0. The number of fused-ring (bicyclic) bond motifs is 1. The second kappa shape index (κ2) is 12.8. The molecular formula is C25H33N3O5. The molecule has 0 bridgehead atoms. The Morgan fingerprint density at radius 3 is 2.12 bits per heavy atom. The quantitative estimate of drug-likeness (QED) is 0.321. The predicted octanol–water partition coefficient (Wildman–Crippen LogP) is 3.91. The Morgan fingerprint density at radius 2 is 1.58 bits per heavy atom. The highest BCUT2D eigenvalue weighted by atomic mass is 16.5. The molecular weight excluding hydrogens is 422 g/mol. The van der Waals surface area contributed by atoms with Crippen LogP contribution in [0.25, 0.3) is 0 Å². The van der Waals surface area contributed by atoms with Gasteiger partial charge >= 0.3 is 11.9 Å². The van der Waals surface area contributed by atoms with Crippen molar-refractivity contribution in [1.29, 1.82) is 10.5 Å². The second-order valence-electron chi connectivity index (χ2n) is 7.95. The number of unbranched alkanes of at least 4 members (excludes halogenated alkanes) is 4. The minimum absolute atomic E-state index is 0.0443. The standard InChI is InChI=1S/C25H33N3O5/c1-4-7-11-15-32-23(29)20-21(24(30)33-16-12-8-5-2)28-14-10-9-13-19(28)25(17-26,18-27)22(20)31-6-3/h9-10,13-14,19,22H,4-8,11-12,15-16H2,1-3H3/t19-,22+/m1/s1. The van der Waals surface area contributed by atoms with E-state index in [4.69, 9.17) is 14.2 Å². The molecule has 0 fully saturated rings. The van der Waals surface area contributed by atoms with Gasteiger partial charge in [0.1, 0.15) is 11.8 Å². The maximum Gasteiger partial charge on any atom is 0.355 e. The average Bonchev–Trinajstić information content (AvgIpc) is 2.84. The third kappa shape index (κ3) is 5.64. The summed E-state index contributed by atoms with van der Waals surface area (Å²) in [6, 6.07) is 3.32. The molecule has 33 heavy (non-hydrogen) atoms. The summed E-state index contributed by atoms with van der Waals surface area (Å²) >= 11 is 0. The smallest absolute Gasteiger partial charge is 0.355 e. The van der Waals surface area contributed by atoms with Crippen LogP contribution < -0.4 is 0 Å². The highest BCUT2D eigenvalue weighted by Gasteiger charge is 2.58. The molecule has 2 aliphatic heterocycles. The highest BCUT2D eigenvalue weighted by Crippen LogP contribution is 2.45. The Labute approximate surface area is 196 Å². The Hall–Kier alpha value is -3.10. The van der Waals surface area contributed by atoms with Crippen LogP contribution in [-0.4, -0.2) is 48.8 Å². The van der Waals surface area contributed by atoms with E-state index in [-0.39, 0.29) is 31.1 Å². The molecule has 0 saturated heterocycles. The Bertz CT molecular complexity index is 863. The predicted molar refractivity (Wildman–Crippen MR) is 121 cm³/mol. The zero-order chi connectivity index (χ0) is 24.3. The van der Waals surface area contributed by atoms with E-state index in [9.17, 15) is 20.1 Å². The number of carbonyl (C=O) groups excluding carboxylic acids is 2. The number of nitrogens with zero attached hydrogens (tertiary/aromatic N) is 3. The van der Waals surface area contributed by atoms with E-state index < -0.39 is 29.5 Å². The minimum atomic E-state index is -1.76. The van der Waals surface area contributed by atoms with Gasteiger partial charge < -0.3 is 19.1 Å². The lowest BCUT2D eigenvalue weighted by molar-refractivity contribution is -0.147. The number of esters is 2. The van der Waals surface area contributed by atoms with Gasteiger partial charge in [0, 0.05) is 12.8 Å². The molecule has 0 unspecified atom stereocenters. The summed E-state index contributed by atoms with van der Waals surface area (Å²) in [5, 5.41) is 20.2. The minimum Gasteiger partial charge on any atom is -0.462 e. The molecule has 2 rings (SSSR count). The van der Waals surface area contributed by atoms with Gasteiger partial charge in [0.15, 0.2) is 5.41 Å². The molecule has 0 aromatic heterocycles. The number of carbonyl (C=O) groups is 2. The van der Waals surface area contributed by atoms with E-state index >= 15 is 0 Å². The maximum absolute atomic E-state index is 13.3. The molecule has 0 N–H and O–H groups in total. The van der Waals surface area contributed by atoms with E-state index in [1.165, 1.54) is 4.90 Å². The molecule has 0 saturated carbocycles. The highest BCUT2D eigenvalue weighted by molar-refractivity contribution is 6.02. The van der Waals surface area contributed by atoms with Crippen LogP contribution >= 0.6 is 0 Å². The van der Waals surface area contributed by atoms with E-state index in [0.717, 1.165) is 25.7 Å². The van der Waals surface area contributed by atoms with Gasteiger partial charge in [-0.1, -0.05) is 51.7 Å². The van der Waals surface area contributed by atoms with Crippen LogP contribution in [0.15, 0.2) is 35.7 Å². The van der Waals surface area contributed by atoms with Crippen molar-refractivity contribution in [3.8, 4) is 12.1 Å². The van der Waals surface area contributed by atoms with Crippen molar-refractivity contribution in [1.82, 2.24) is 4.90 Å². The first-order valence-corrected chi connectivity index (χ1v) is 11.7. The number of allylic oxidation sites excluding steroid dienone is 2. The SMILES string of the molecule is CCCCCOC(=O)C1=C(C(=O)OCCCCC)N2C=CC=C[C@@H]2C(C#N)(C#N)[C@H]1OCC. The summed E-state index contributed by atoms with van der Waals surface area (Å²) in [5.74, 6) is -1.48. The molecule has 8 nitrogen and oxygen atoms in total. The Kier molecular flexibility index (Phi) is 10.2. The van der Waals surface area contributed by atoms with Crippen LogP contribution in [0.2, 0.25) is 0 Å². The van der Waals surface area contributed by atoms with Crippen LogP contribution in [-0.2, 0) is 23.8 Å². The molecule has 0 amide bonds. The van der Waals surface area contributed by atoms with Crippen molar-refractivity contribution < 1.29 is 23.8 Å². The normalized spacial score (nSPS) is 20.6. The molecule has 0 aliphatic carbocycles. The van der Waals surface area contributed by atoms with Gasteiger partial charge in [-0.25, -0.2) is 9.59 Å². The van der Waals surface area contributed by atoms with Crippen molar-refractivity contribution in [3.63, 3.8) is 0 Å². The average molecular weight is 456 g/mol. The lowest BCUT2D eigenvalue weighted by atomic mass is 9.70. The number of nitriles is 2. The van der Waals surface area contributed by atoms with E-state index in [1.54, 1.807) is 31.4 Å². The topological polar surface area (TPSA) is 113 Å². The second-order valence-corrected chi connectivity index (χ2v) is 7.95. The first-order chi connectivity index (χ1) is 16.0. The van der Waals surface area contributed by atoms with Crippen molar-refractivity contribution >= 4 is 11.9 Å². The summed E-state index contributed by atoms with van der Waals surface area (Å²) in [6.45, 7) is 6.29. The molecule has 2 aliphatic rings. The van der Waals surface area contributed by atoms with E-state index in [0.29, 0.717) is 12.8 Å². The molecule has 0 aromatic carbocycles. The fraction of sp³-hybridized carbons (Fsp3) is 0.600. The Balaban J connectivity index is 2.59. The van der Waals surface area contributed by atoms with Crippen LogP contribution in [0.5, 0.6) is 0 Å². The third-order valence-corrected chi connectivity index (χ3v) is 5.69. The molecule has 178 valence electrons. The zero-order valence-electron chi connectivity index (χ0n) is 19.7. The molecule has 0 spiro atoms. The fourth-order valence-corrected chi connectivity index (χ4v) is 3.98. The maximum atomic E-state index is 13.3. The van der Waals surface area contributed by atoms with E-state index in [2.05, 4.69) is 12.1 Å². The van der Waals surface area contributed by atoms with Crippen molar-refractivity contribution in [2.45, 2.75) is 71.4 Å². The van der Waals surface area contributed by atoms with Gasteiger partial charge in [0.2, 0.25) is 0 Å². The molecule has 0 radical (unpaired) electrons. The van der Waals surface area contributed by atoms with Crippen molar-refractivity contribution in [2.24, 2.45) is 5.41 Å². The third-order valence-electron chi connectivity index (χ3n) is 5.69. The summed E-state index contributed by atoms with van der Waals surface area (Å²) < 4.78 is 16.8. The largest absolute Gasteiger partial charge is 0.462 e. The van der Waals surface area contributed by atoms with Gasteiger partial charge in [-0.2, -0.15) is 10.5 Å². The number of hydrogen-bond donors (Lipinski definition) is 0.